The molecule has 106 valence electrons. The zero-order valence-electron chi connectivity index (χ0n) is 12.1. The lowest BCUT2D eigenvalue weighted by molar-refractivity contribution is -0.117. The number of nitriles is 1. The van der Waals surface area contributed by atoms with E-state index in [1.54, 1.807) is 0 Å². The van der Waals surface area contributed by atoms with Crippen molar-refractivity contribution in [3.8, 4) is 6.07 Å². The Bertz CT molecular complexity index is 515. The van der Waals surface area contributed by atoms with Crippen LogP contribution in [0.3, 0.4) is 0 Å². The van der Waals surface area contributed by atoms with Gasteiger partial charge in [0.15, 0.2) is 0 Å². The Balaban J connectivity index is 2.42. The van der Waals surface area contributed by atoms with Gasteiger partial charge in [0, 0.05) is 19.3 Å². The molecule has 0 aliphatic carbocycles. The van der Waals surface area contributed by atoms with Crippen molar-refractivity contribution < 1.29 is 4.79 Å². The number of hydrogen-bond donors (Lipinski definition) is 2. The quantitative estimate of drug-likeness (QED) is 0.453. The molecule has 1 rings (SSSR count). The van der Waals surface area contributed by atoms with Gasteiger partial charge in [0.2, 0.25) is 0 Å². The molecule has 2 N–H and O–H groups in total. The molecule has 20 heavy (non-hydrogen) atoms. The first-order valence-electron chi connectivity index (χ1n) is 6.84. The summed E-state index contributed by atoms with van der Waals surface area (Å²) in [5.41, 5.74) is 2.58. The van der Waals surface area contributed by atoms with Crippen LogP contribution in [0.2, 0.25) is 0 Å². The molecule has 0 bridgehead atoms. The van der Waals surface area contributed by atoms with Gasteiger partial charge in [0.1, 0.15) is 11.6 Å². The van der Waals surface area contributed by atoms with Crippen LogP contribution in [0.1, 0.15) is 24.5 Å². The van der Waals surface area contributed by atoms with Crippen LogP contribution in [0.15, 0.2) is 36.0 Å². The third-order valence-corrected chi connectivity index (χ3v) is 2.79. The zero-order valence-corrected chi connectivity index (χ0v) is 12.1. The Hall–Kier alpha value is -2.28. The molecule has 4 nitrogen and oxygen atoms in total. The topological polar surface area (TPSA) is 64.9 Å². The van der Waals surface area contributed by atoms with Gasteiger partial charge in [-0.15, -0.1) is 0 Å². The molecule has 0 heterocycles. The highest BCUT2D eigenvalue weighted by molar-refractivity contribution is 5.97. The van der Waals surface area contributed by atoms with Gasteiger partial charge in [-0.2, -0.15) is 5.26 Å². The molecule has 4 heteroatoms. The third-order valence-electron chi connectivity index (χ3n) is 2.79. The first-order valence-corrected chi connectivity index (χ1v) is 6.84. The van der Waals surface area contributed by atoms with Crippen molar-refractivity contribution in [2.24, 2.45) is 0 Å². The predicted octanol–water partition coefficient (Wildman–Crippen LogP) is 2.06. The van der Waals surface area contributed by atoms with Crippen molar-refractivity contribution in [3.63, 3.8) is 0 Å². The summed E-state index contributed by atoms with van der Waals surface area (Å²) in [6.45, 7) is 5.30. The van der Waals surface area contributed by atoms with Crippen molar-refractivity contribution in [1.82, 2.24) is 10.6 Å². The average molecular weight is 271 g/mol. The second-order valence-electron chi connectivity index (χ2n) is 4.62. The van der Waals surface area contributed by atoms with Crippen LogP contribution in [0.25, 0.3) is 0 Å². The fourth-order valence-electron chi connectivity index (χ4n) is 1.74. The molecule has 0 spiro atoms. The van der Waals surface area contributed by atoms with Crippen LogP contribution in [-0.4, -0.2) is 19.0 Å². The van der Waals surface area contributed by atoms with E-state index in [0.717, 1.165) is 12.8 Å². The Kier molecular flexibility index (Phi) is 6.91. The molecule has 0 aromatic heterocycles. The summed E-state index contributed by atoms with van der Waals surface area (Å²) in [5, 5.41) is 14.6. The number of benzene rings is 1. The van der Waals surface area contributed by atoms with E-state index in [0.29, 0.717) is 13.1 Å². The molecule has 0 aliphatic rings. The van der Waals surface area contributed by atoms with Crippen LogP contribution in [0, 0.1) is 18.3 Å². The van der Waals surface area contributed by atoms with Gasteiger partial charge in [-0.3, -0.25) is 4.79 Å². The third kappa shape index (κ3) is 5.57. The Morgan fingerprint density at radius 2 is 2.20 bits per heavy atom. The minimum absolute atomic E-state index is 0.114. The van der Waals surface area contributed by atoms with Crippen molar-refractivity contribution in [2.75, 3.05) is 13.1 Å². The summed E-state index contributed by atoms with van der Waals surface area (Å²) in [6.07, 6.45) is 3.19. The van der Waals surface area contributed by atoms with Crippen LogP contribution in [0.4, 0.5) is 0 Å². The van der Waals surface area contributed by atoms with Gasteiger partial charge in [-0.1, -0.05) is 36.8 Å². The van der Waals surface area contributed by atoms with Crippen LogP contribution < -0.4 is 10.6 Å². The monoisotopic (exact) mass is 271 g/mol. The largest absolute Gasteiger partial charge is 0.389 e. The van der Waals surface area contributed by atoms with Crippen molar-refractivity contribution in [1.29, 1.82) is 5.26 Å². The molecule has 0 fully saturated rings. The van der Waals surface area contributed by atoms with Gasteiger partial charge in [-0.05, 0) is 25.3 Å². The Morgan fingerprint density at radius 1 is 1.40 bits per heavy atom. The van der Waals surface area contributed by atoms with Crippen molar-refractivity contribution in [3.05, 3.63) is 47.2 Å². The predicted molar refractivity (Wildman–Crippen MR) is 79.9 cm³/mol. The lowest BCUT2D eigenvalue weighted by atomic mass is 10.1. The van der Waals surface area contributed by atoms with E-state index in [2.05, 4.69) is 35.8 Å². The van der Waals surface area contributed by atoms with E-state index in [9.17, 15) is 4.79 Å². The molecule has 0 radical (unpaired) electrons. The molecular weight excluding hydrogens is 250 g/mol. The number of carbonyl (C=O) groups excluding carboxylic acids is 1. The summed E-state index contributed by atoms with van der Waals surface area (Å²) in [5.74, 6) is -0.322. The van der Waals surface area contributed by atoms with Gasteiger partial charge in [-0.25, -0.2) is 0 Å². The molecular formula is C16H21N3O. The smallest absolute Gasteiger partial charge is 0.263 e. The van der Waals surface area contributed by atoms with Gasteiger partial charge in [0.05, 0.1) is 0 Å². The lowest BCUT2D eigenvalue weighted by Crippen LogP contribution is -2.26. The van der Waals surface area contributed by atoms with E-state index in [4.69, 9.17) is 5.26 Å². The number of aryl methyl sites for hydroxylation is 1. The number of rotatable bonds is 7. The zero-order chi connectivity index (χ0) is 14.8. The van der Waals surface area contributed by atoms with Gasteiger partial charge in [0.25, 0.3) is 5.91 Å². The van der Waals surface area contributed by atoms with E-state index >= 15 is 0 Å². The lowest BCUT2D eigenvalue weighted by Gasteiger charge is -2.05. The highest BCUT2D eigenvalue weighted by Crippen LogP contribution is 2.03. The second-order valence-corrected chi connectivity index (χ2v) is 4.62. The maximum Gasteiger partial charge on any atom is 0.263 e. The minimum atomic E-state index is -0.322. The van der Waals surface area contributed by atoms with Crippen LogP contribution >= 0.6 is 0 Å². The van der Waals surface area contributed by atoms with Crippen LogP contribution in [0.5, 0.6) is 0 Å². The summed E-state index contributed by atoms with van der Waals surface area (Å²) < 4.78 is 0. The van der Waals surface area contributed by atoms with Crippen LogP contribution in [-0.2, 0) is 11.2 Å². The summed E-state index contributed by atoms with van der Waals surface area (Å²) in [6, 6.07) is 10.2. The number of nitrogens with one attached hydrogen (secondary N) is 2. The molecule has 1 aromatic carbocycles. The van der Waals surface area contributed by atoms with Crippen molar-refractivity contribution in [2.45, 2.75) is 26.7 Å². The Labute approximate surface area is 120 Å². The maximum absolute atomic E-state index is 11.6. The number of nitrogens with zero attached hydrogens (tertiary/aromatic N) is 1. The minimum Gasteiger partial charge on any atom is -0.389 e. The highest BCUT2D eigenvalue weighted by Gasteiger charge is 2.06. The number of carbonyl (C=O) groups is 1. The van der Waals surface area contributed by atoms with E-state index in [1.165, 1.54) is 17.3 Å². The first-order chi connectivity index (χ1) is 9.67. The highest BCUT2D eigenvalue weighted by atomic mass is 16.1. The molecule has 0 saturated heterocycles. The average Bonchev–Trinajstić information content (AvgIpc) is 2.45. The molecule has 0 atom stereocenters. The summed E-state index contributed by atoms with van der Waals surface area (Å²) in [4.78, 5) is 11.6. The second kappa shape index (κ2) is 8.76. The van der Waals surface area contributed by atoms with Gasteiger partial charge < -0.3 is 10.6 Å². The van der Waals surface area contributed by atoms with E-state index in [-0.39, 0.29) is 11.5 Å². The Morgan fingerprint density at radius 3 is 2.85 bits per heavy atom. The molecule has 1 aromatic rings. The fourth-order valence-corrected chi connectivity index (χ4v) is 1.74. The van der Waals surface area contributed by atoms with E-state index < -0.39 is 0 Å². The molecule has 0 unspecified atom stereocenters. The summed E-state index contributed by atoms with van der Waals surface area (Å²) >= 11 is 0. The summed E-state index contributed by atoms with van der Waals surface area (Å²) in [7, 11) is 0. The van der Waals surface area contributed by atoms with Gasteiger partial charge >= 0.3 is 0 Å². The fraction of sp³-hybridized carbons (Fsp3) is 0.375. The molecule has 0 aliphatic heterocycles. The van der Waals surface area contributed by atoms with Crippen molar-refractivity contribution >= 4 is 5.91 Å². The van der Waals surface area contributed by atoms with E-state index in [1.807, 2.05) is 19.1 Å². The SMILES string of the molecule is CCCNC(=O)/C(C#N)=C\NCCc1cccc(C)c1. The number of hydrogen-bond acceptors (Lipinski definition) is 3. The molecule has 0 saturated carbocycles. The first kappa shape index (κ1) is 15.8. The maximum atomic E-state index is 11.6. The standard InChI is InChI=1S/C16H21N3O/c1-3-8-19-16(20)15(11-17)12-18-9-7-14-6-4-5-13(2)10-14/h4-6,10,12,18H,3,7-9H2,1-2H3,(H,19,20)/b15-12-. The number of amides is 1. The molecule has 1 amide bonds. The normalized spacial score (nSPS) is 10.8.